The predicted octanol–water partition coefficient (Wildman–Crippen LogP) is 1.84. The lowest BCUT2D eigenvalue weighted by Crippen LogP contribution is -2.04. The van der Waals surface area contributed by atoms with Crippen molar-refractivity contribution in [3.63, 3.8) is 0 Å². The lowest BCUT2D eigenvalue weighted by Gasteiger charge is -2.07. The van der Waals surface area contributed by atoms with Crippen molar-refractivity contribution in [2.45, 2.75) is 6.54 Å². The highest BCUT2D eigenvalue weighted by molar-refractivity contribution is 5.81. The Morgan fingerprint density at radius 2 is 2.11 bits per heavy atom. The minimum atomic E-state index is 0.523. The number of nitrogens with one attached hydrogen (secondary N) is 2. The van der Waals surface area contributed by atoms with Crippen LogP contribution in [0.25, 0.3) is 11.2 Å². The zero-order valence-corrected chi connectivity index (χ0v) is 9.96. The topological polar surface area (TPSA) is 90.3 Å². The van der Waals surface area contributed by atoms with Gasteiger partial charge in [-0.1, -0.05) is 18.2 Å². The zero-order valence-electron chi connectivity index (χ0n) is 9.96. The van der Waals surface area contributed by atoms with Crippen LogP contribution in [-0.4, -0.2) is 19.9 Å². The summed E-state index contributed by atoms with van der Waals surface area (Å²) in [6, 6.07) is 9.63. The fourth-order valence-corrected chi connectivity index (χ4v) is 1.86. The molecular weight excluding hydrogens is 240 g/mol. The molecule has 0 atom stereocenters. The summed E-state index contributed by atoms with van der Waals surface area (Å²) in [6.45, 7) is 0.523. The predicted molar refractivity (Wildman–Crippen MR) is 70.2 cm³/mol. The highest BCUT2D eigenvalue weighted by Gasteiger charge is 2.06. The summed E-state index contributed by atoms with van der Waals surface area (Å²) < 4.78 is 0. The molecule has 0 saturated heterocycles. The van der Waals surface area contributed by atoms with Crippen molar-refractivity contribution in [2.75, 3.05) is 5.32 Å². The van der Waals surface area contributed by atoms with Crippen molar-refractivity contribution in [2.24, 2.45) is 0 Å². The van der Waals surface area contributed by atoms with E-state index in [1.807, 2.05) is 18.2 Å². The molecule has 0 bridgehead atoms. The lowest BCUT2D eigenvalue weighted by molar-refractivity contribution is 1.09. The number of anilines is 1. The molecule has 6 heteroatoms. The average molecular weight is 250 g/mol. The number of hydrogen-bond donors (Lipinski definition) is 2. The van der Waals surface area contributed by atoms with Gasteiger partial charge in [0.25, 0.3) is 0 Å². The van der Waals surface area contributed by atoms with Crippen LogP contribution in [0.4, 0.5) is 5.82 Å². The van der Waals surface area contributed by atoms with E-state index in [0.29, 0.717) is 23.6 Å². The van der Waals surface area contributed by atoms with Crippen LogP contribution in [0, 0.1) is 11.3 Å². The molecule has 92 valence electrons. The van der Waals surface area contributed by atoms with E-state index in [4.69, 9.17) is 5.26 Å². The molecule has 0 saturated carbocycles. The molecule has 0 aliphatic rings. The van der Waals surface area contributed by atoms with Crippen LogP contribution in [0.3, 0.4) is 0 Å². The van der Waals surface area contributed by atoms with Gasteiger partial charge in [0.05, 0.1) is 18.0 Å². The summed E-state index contributed by atoms with van der Waals surface area (Å²) in [6.07, 6.45) is 3.04. The van der Waals surface area contributed by atoms with Gasteiger partial charge in [-0.2, -0.15) is 5.26 Å². The van der Waals surface area contributed by atoms with Crippen molar-refractivity contribution in [1.29, 1.82) is 5.26 Å². The summed E-state index contributed by atoms with van der Waals surface area (Å²) >= 11 is 0. The summed E-state index contributed by atoms with van der Waals surface area (Å²) in [7, 11) is 0. The van der Waals surface area contributed by atoms with Gasteiger partial charge in [-0.3, -0.25) is 0 Å². The number of nitriles is 1. The van der Waals surface area contributed by atoms with Gasteiger partial charge in [0.15, 0.2) is 11.5 Å². The van der Waals surface area contributed by atoms with Crippen molar-refractivity contribution in [3.8, 4) is 6.07 Å². The first-order valence-corrected chi connectivity index (χ1v) is 5.74. The molecule has 2 heterocycles. The molecule has 2 aromatic heterocycles. The Hall–Kier alpha value is -2.94. The summed E-state index contributed by atoms with van der Waals surface area (Å²) in [5.74, 6) is 0.676. The van der Waals surface area contributed by atoms with Crippen molar-refractivity contribution in [1.82, 2.24) is 19.9 Å². The number of imidazole rings is 1. The van der Waals surface area contributed by atoms with E-state index in [-0.39, 0.29) is 0 Å². The second-order valence-corrected chi connectivity index (χ2v) is 3.95. The van der Waals surface area contributed by atoms with Gasteiger partial charge in [0.1, 0.15) is 11.8 Å². The number of nitrogens with zero attached hydrogens (tertiary/aromatic N) is 4. The first kappa shape index (κ1) is 11.2. The molecule has 0 aliphatic heterocycles. The molecule has 3 aromatic rings. The number of aromatic nitrogens is 4. The number of rotatable bonds is 3. The van der Waals surface area contributed by atoms with Crippen LogP contribution in [0.15, 0.2) is 36.9 Å². The van der Waals surface area contributed by atoms with Crippen LogP contribution in [-0.2, 0) is 6.54 Å². The van der Waals surface area contributed by atoms with Crippen molar-refractivity contribution >= 4 is 17.0 Å². The molecule has 0 radical (unpaired) electrons. The fraction of sp³-hybridized carbons (Fsp3) is 0.0769. The third-order valence-corrected chi connectivity index (χ3v) is 2.81. The maximum atomic E-state index is 9.03. The molecule has 0 amide bonds. The molecular formula is C13H10N6. The van der Waals surface area contributed by atoms with E-state index in [1.165, 1.54) is 6.33 Å². The number of hydrogen-bond acceptors (Lipinski definition) is 5. The Morgan fingerprint density at radius 1 is 1.21 bits per heavy atom. The second-order valence-electron chi connectivity index (χ2n) is 3.95. The maximum absolute atomic E-state index is 9.03. The number of benzene rings is 1. The quantitative estimate of drug-likeness (QED) is 0.740. The monoisotopic (exact) mass is 250 g/mol. The van der Waals surface area contributed by atoms with Gasteiger partial charge in [-0.25, -0.2) is 15.0 Å². The first-order valence-electron chi connectivity index (χ1n) is 5.74. The van der Waals surface area contributed by atoms with E-state index < -0.39 is 0 Å². The van der Waals surface area contributed by atoms with Crippen LogP contribution in [0.5, 0.6) is 0 Å². The van der Waals surface area contributed by atoms with Crippen LogP contribution in [0.2, 0.25) is 0 Å². The Labute approximate surface area is 109 Å². The van der Waals surface area contributed by atoms with Gasteiger partial charge in [-0.05, 0) is 11.6 Å². The third-order valence-electron chi connectivity index (χ3n) is 2.81. The van der Waals surface area contributed by atoms with Crippen LogP contribution >= 0.6 is 0 Å². The summed E-state index contributed by atoms with van der Waals surface area (Å²) in [5.41, 5.74) is 2.96. The number of H-pyrrole nitrogens is 1. The smallest absolute Gasteiger partial charge is 0.182 e. The average Bonchev–Trinajstić information content (AvgIpc) is 2.94. The normalized spacial score (nSPS) is 10.3. The van der Waals surface area contributed by atoms with Gasteiger partial charge in [0, 0.05) is 6.54 Å². The number of aromatic amines is 1. The van der Waals surface area contributed by atoms with Gasteiger partial charge < -0.3 is 10.3 Å². The molecule has 6 nitrogen and oxygen atoms in total. The third kappa shape index (κ3) is 2.09. The highest BCUT2D eigenvalue weighted by Crippen LogP contribution is 2.16. The molecule has 0 unspecified atom stereocenters. The van der Waals surface area contributed by atoms with Gasteiger partial charge in [0.2, 0.25) is 0 Å². The van der Waals surface area contributed by atoms with E-state index in [1.54, 1.807) is 12.4 Å². The molecule has 0 aliphatic carbocycles. The van der Waals surface area contributed by atoms with E-state index in [9.17, 15) is 0 Å². The molecule has 19 heavy (non-hydrogen) atoms. The largest absolute Gasteiger partial charge is 0.364 e. The molecule has 2 N–H and O–H groups in total. The molecule has 3 rings (SSSR count). The van der Waals surface area contributed by atoms with E-state index >= 15 is 0 Å². The minimum Gasteiger partial charge on any atom is -0.364 e. The Bertz CT molecular complexity index is 755. The fourth-order valence-electron chi connectivity index (χ4n) is 1.86. The van der Waals surface area contributed by atoms with Gasteiger partial charge >= 0.3 is 0 Å². The van der Waals surface area contributed by atoms with Gasteiger partial charge in [-0.15, -0.1) is 0 Å². The first-order chi connectivity index (χ1) is 9.38. The molecule has 1 aromatic carbocycles. The van der Waals surface area contributed by atoms with Crippen LogP contribution < -0.4 is 5.32 Å². The lowest BCUT2D eigenvalue weighted by atomic mass is 10.1. The van der Waals surface area contributed by atoms with E-state index in [2.05, 4.69) is 31.3 Å². The van der Waals surface area contributed by atoms with E-state index in [0.717, 1.165) is 11.1 Å². The summed E-state index contributed by atoms with van der Waals surface area (Å²) in [5, 5.41) is 12.2. The summed E-state index contributed by atoms with van der Waals surface area (Å²) in [4.78, 5) is 15.3. The Kier molecular flexibility index (Phi) is 2.79. The Balaban J connectivity index is 1.87. The van der Waals surface area contributed by atoms with Crippen molar-refractivity contribution in [3.05, 3.63) is 48.0 Å². The SMILES string of the molecule is N#Cc1ccccc1CNc1ncnc2nc[nH]c12. The van der Waals surface area contributed by atoms with Crippen LogP contribution in [0.1, 0.15) is 11.1 Å². The maximum Gasteiger partial charge on any atom is 0.182 e. The Morgan fingerprint density at radius 3 is 3.00 bits per heavy atom. The zero-order chi connectivity index (χ0) is 13.1. The highest BCUT2D eigenvalue weighted by atomic mass is 15.1. The minimum absolute atomic E-state index is 0.523. The second kappa shape index (κ2) is 4.74. The van der Waals surface area contributed by atoms with Crippen molar-refractivity contribution < 1.29 is 0 Å². The molecule has 0 fully saturated rings. The number of fused-ring (bicyclic) bond motifs is 1. The molecule has 0 spiro atoms. The standard InChI is InChI=1S/C13H10N6/c14-5-9-3-1-2-4-10(9)6-15-12-11-13(17-7-16-11)19-8-18-12/h1-4,7-8H,6H2,(H2,15,16,17,18,19).